The highest BCUT2D eigenvalue weighted by molar-refractivity contribution is 5.92. The number of pyridine rings is 1. The fourth-order valence-electron chi connectivity index (χ4n) is 3.22. The summed E-state index contributed by atoms with van der Waals surface area (Å²) < 4.78 is 58.9. The molecule has 164 valence electrons. The lowest BCUT2D eigenvalue weighted by atomic mass is 10.0. The average Bonchev–Trinajstić information content (AvgIpc) is 3.03. The molecule has 2 heterocycles. The lowest BCUT2D eigenvalue weighted by Crippen LogP contribution is -2.10. The number of alkyl halides is 3. The van der Waals surface area contributed by atoms with E-state index >= 15 is 0 Å². The summed E-state index contributed by atoms with van der Waals surface area (Å²) in [5.41, 5.74) is 0.499. The quantitative estimate of drug-likeness (QED) is 0.466. The summed E-state index contributed by atoms with van der Waals surface area (Å²) in [6.45, 7) is 2.91. The Hall–Kier alpha value is -3.27. The molecule has 0 fully saturated rings. The molecule has 0 atom stereocenters. The first-order valence-electron chi connectivity index (χ1n) is 9.32. The molecule has 0 saturated carbocycles. The highest BCUT2D eigenvalue weighted by Crippen LogP contribution is 2.31. The number of ether oxygens (including phenoxy) is 1. The SMILES string of the molecule is CCOC(=O)c1c(C)nn(-c2ccnc(Cc3cc(F)cc(C(F)(F)F)c3)c2)c1CO. The van der Waals surface area contributed by atoms with Gasteiger partial charge in [-0.05, 0) is 49.7 Å². The minimum absolute atomic E-state index is 0.0614. The van der Waals surface area contributed by atoms with Gasteiger partial charge in [-0.25, -0.2) is 13.9 Å². The maximum atomic E-state index is 13.7. The molecule has 31 heavy (non-hydrogen) atoms. The largest absolute Gasteiger partial charge is 0.462 e. The van der Waals surface area contributed by atoms with E-state index in [1.165, 1.54) is 10.9 Å². The summed E-state index contributed by atoms with van der Waals surface area (Å²) in [6.07, 6.45) is -3.32. The van der Waals surface area contributed by atoms with Crippen molar-refractivity contribution in [3.8, 4) is 5.69 Å². The van der Waals surface area contributed by atoms with Gasteiger partial charge in [0.25, 0.3) is 0 Å². The second-order valence-electron chi connectivity index (χ2n) is 6.73. The van der Waals surface area contributed by atoms with E-state index in [9.17, 15) is 27.5 Å². The summed E-state index contributed by atoms with van der Waals surface area (Å²) in [5, 5.41) is 14.1. The molecule has 0 aliphatic heterocycles. The van der Waals surface area contributed by atoms with Gasteiger partial charge in [0.1, 0.15) is 11.4 Å². The maximum absolute atomic E-state index is 13.7. The van der Waals surface area contributed by atoms with Crippen molar-refractivity contribution in [1.29, 1.82) is 0 Å². The Balaban J connectivity index is 1.98. The highest BCUT2D eigenvalue weighted by atomic mass is 19.4. The van der Waals surface area contributed by atoms with Gasteiger partial charge in [-0.2, -0.15) is 18.3 Å². The number of carbonyl (C=O) groups is 1. The maximum Gasteiger partial charge on any atom is 0.416 e. The monoisotopic (exact) mass is 437 g/mol. The average molecular weight is 437 g/mol. The van der Waals surface area contributed by atoms with Crippen LogP contribution in [0.2, 0.25) is 0 Å². The first-order valence-corrected chi connectivity index (χ1v) is 9.32. The number of rotatable bonds is 6. The van der Waals surface area contributed by atoms with Crippen molar-refractivity contribution >= 4 is 5.97 Å². The van der Waals surface area contributed by atoms with Gasteiger partial charge < -0.3 is 9.84 Å². The number of aliphatic hydroxyl groups is 1. The van der Waals surface area contributed by atoms with Gasteiger partial charge in [0, 0.05) is 18.3 Å². The Bertz CT molecular complexity index is 1110. The zero-order valence-electron chi connectivity index (χ0n) is 16.7. The molecular weight excluding hydrogens is 418 g/mol. The van der Waals surface area contributed by atoms with Gasteiger partial charge in [-0.15, -0.1) is 0 Å². The van der Waals surface area contributed by atoms with Gasteiger partial charge in [-0.1, -0.05) is 0 Å². The van der Waals surface area contributed by atoms with Crippen LogP contribution in [0.25, 0.3) is 5.69 Å². The normalized spacial score (nSPS) is 11.6. The van der Waals surface area contributed by atoms with E-state index < -0.39 is 30.1 Å². The molecule has 1 aromatic carbocycles. The highest BCUT2D eigenvalue weighted by Gasteiger charge is 2.31. The molecule has 10 heteroatoms. The molecule has 0 amide bonds. The van der Waals surface area contributed by atoms with Crippen molar-refractivity contribution in [1.82, 2.24) is 14.8 Å². The fraction of sp³-hybridized carbons (Fsp3) is 0.286. The van der Waals surface area contributed by atoms with E-state index in [2.05, 4.69) is 10.1 Å². The fourth-order valence-corrected chi connectivity index (χ4v) is 3.22. The van der Waals surface area contributed by atoms with Gasteiger partial charge in [0.05, 0.1) is 35.9 Å². The summed E-state index contributed by atoms with van der Waals surface area (Å²) in [6, 6.07) is 5.42. The van der Waals surface area contributed by atoms with Crippen LogP contribution in [0.4, 0.5) is 17.6 Å². The van der Waals surface area contributed by atoms with Crippen molar-refractivity contribution in [2.45, 2.75) is 33.1 Å². The van der Waals surface area contributed by atoms with E-state index in [-0.39, 0.29) is 29.8 Å². The lowest BCUT2D eigenvalue weighted by Gasteiger charge is -2.11. The number of halogens is 4. The summed E-state index contributed by atoms with van der Waals surface area (Å²) >= 11 is 0. The summed E-state index contributed by atoms with van der Waals surface area (Å²) in [4.78, 5) is 16.3. The van der Waals surface area contributed by atoms with Gasteiger partial charge in [0.2, 0.25) is 0 Å². The van der Waals surface area contributed by atoms with Crippen molar-refractivity contribution in [2.75, 3.05) is 6.61 Å². The van der Waals surface area contributed by atoms with E-state index in [0.717, 1.165) is 12.1 Å². The van der Waals surface area contributed by atoms with Crippen LogP contribution >= 0.6 is 0 Å². The third kappa shape index (κ3) is 4.91. The molecule has 3 rings (SSSR count). The molecule has 0 aliphatic carbocycles. The lowest BCUT2D eigenvalue weighted by molar-refractivity contribution is -0.137. The number of nitrogens with zero attached hydrogens (tertiary/aromatic N) is 3. The van der Waals surface area contributed by atoms with Crippen LogP contribution in [-0.4, -0.2) is 32.4 Å². The van der Waals surface area contributed by atoms with E-state index in [0.29, 0.717) is 23.1 Å². The Labute approximate surface area is 175 Å². The van der Waals surface area contributed by atoms with Crippen LogP contribution < -0.4 is 0 Å². The molecule has 0 bridgehead atoms. The first kappa shape index (κ1) is 22.4. The van der Waals surface area contributed by atoms with Crippen LogP contribution in [0.3, 0.4) is 0 Å². The zero-order valence-corrected chi connectivity index (χ0v) is 16.7. The van der Waals surface area contributed by atoms with Crippen molar-refractivity contribution in [3.63, 3.8) is 0 Å². The van der Waals surface area contributed by atoms with E-state index in [4.69, 9.17) is 4.74 Å². The molecule has 3 aromatic rings. The van der Waals surface area contributed by atoms with Gasteiger partial charge in [0.15, 0.2) is 0 Å². The number of aryl methyl sites for hydroxylation is 1. The Morgan fingerprint density at radius 2 is 1.97 bits per heavy atom. The molecule has 1 N–H and O–H groups in total. The summed E-state index contributed by atoms with van der Waals surface area (Å²) in [5.74, 6) is -1.62. The third-order valence-corrected chi connectivity index (χ3v) is 4.50. The molecular formula is C21H19F4N3O3. The molecule has 0 radical (unpaired) electrons. The minimum Gasteiger partial charge on any atom is -0.462 e. The van der Waals surface area contributed by atoms with Crippen LogP contribution in [0, 0.1) is 12.7 Å². The molecule has 2 aromatic heterocycles. The number of hydrogen-bond donors (Lipinski definition) is 1. The molecule has 0 aliphatic rings. The standard InChI is InChI=1S/C21H19F4N3O3/c1-3-31-20(30)19-12(2)27-28(18(19)11-29)17-4-5-26-16(10-17)8-13-6-14(21(23,24)25)9-15(22)7-13/h4-7,9-10,29H,3,8,11H2,1-2H3. The van der Waals surface area contributed by atoms with Crippen LogP contribution in [0.1, 0.15) is 45.5 Å². The van der Waals surface area contributed by atoms with Crippen LogP contribution in [0.5, 0.6) is 0 Å². The molecule has 0 spiro atoms. The van der Waals surface area contributed by atoms with Crippen LogP contribution in [-0.2, 0) is 23.9 Å². The zero-order chi connectivity index (χ0) is 22.8. The summed E-state index contributed by atoms with van der Waals surface area (Å²) in [7, 11) is 0. The van der Waals surface area contributed by atoms with E-state index in [1.54, 1.807) is 26.0 Å². The Morgan fingerprint density at radius 3 is 2.61 bits per heavy atom. The number of aromatic nitrogens is 3. The predicted molar refractivity (Wildman–Crippen MR) is 102 cm³/mol. The second kappa shape index (κ2) is 8.84. The predicted octanol–water partition coefficient (Wildman–Crippen LogP) is 3.99. The Kier molecular flexibility index (Phi) is 6.40. The number of aliphatic hydroxyl groups excluding tert-OH is 1. The van der Waals surface area contributed by atoms with Gasteiger partial charge >= 0.3 is 12.1 Å². The number of esters is 1. The van der Waals surface area contributed by atoms with Gasteiger partial charge in [-0.3, -0.25) is 4.98 Å². The number of benzene rings is 1. The number of hydrogen-bond acceptors (Lipinski definition) is 5. The molecule has 0 unspecified atom stereocenters. The molecule has 6 nitrogen and oxygen atoms in total. The van der Waals surface area contributed by atoms with E-state index in [1.807, 2.05) is 0 Å². The third-order valence-electron chi connectivity index (χ3n) is 4.50. The first-order chi connectivity index (χ1) is 14.6. The van der Waals surface area contributed by atoms with Crippen LogP contribution in [0.15, 0.2) is 36.5 Å². The smallest absolute Gasteiger partial charge is 0.416 e. The Morgan fingerprint density at radius 1 is 1.23 bits per heavy atom. The topological polar surface area (TPSA) is 77.2 Å². The number of carbonyl (C=O) groups excluding carboxylic acids is 1. The van der Waals surface area contributed by atoms with Crippen molar-refractivity contribution < 1.29 is 32.2 Å². The van der Waals surface area contributed by atoms with Crippen molar-refractivity contribution in [2.24, 2.45) is 0 Å². The van der Waals surface area contributed by atoms with Crippen molar-refractivity contribution in [3.05, 3.63) is 76.1 Å². The minimum atomic E-state index is -4.67. The molecule has 0 saturated heterocycles. The second-order valence-corrected chi connectivity index (χ2v) is 6.73.